The van der Waals surface area contributed by atoms with Crippen molar-refractivity contribution in [1.82, 2.24) is 14.8 Å². The molecule has 0 bridgehead atoms. The zero-order chi connectivity index (χ0) is 22.5. The molecule has 1 aromatic carbocycles. The van der Waals surface area contributed by atoms with Crippen molar-refractivity contribution >= 4 is 11.8 Å². The molecule has 1 aliphatic rings. The van der Waals surface area contributed by atoms with Crippen molar-refractivity contribution in [3.8, 4) is 11.8 Å². The molecule has 2 aromatic heterocycles. The van der Waals surface area contributed by atoms with Gasteiger partial charge >= 0.3 is 6.09 Å². The predicted octanol–water partition coefficient (Wildman–Crippen LogP) is 2.61. The summed E-state index contributed by atoms with van der Waals surface area (Å²) in [5, 5.41) is 23.2. The van der Waals surface area contributed by atoms with Crippen molar-refractivity contribution in [2.45, 2.75) is 12.8 Å². The number of carboxylic acid groups (broad SMARTS) is 1. The highest BCUT2D eigenvalue weighted by atomic mass is 16.5. The van der Waals surface area contributed by atoms with Crippen LogP contribution in [0.4, 0.5) is 10.5 Å². The van der Waals surface area contributed by atoms with Crippen LogP contribution >= 0.6 is 0 Å². The monoisotopic (exact) mass is 431 g/mol. The number of nitriles is 1. The Morgan fingerprint density at radius 1 is 1.31 bits per heavy atom. The maximum Gasteiger partial charge on any atom is 0.411 e. The van der Waals surface area contributed by atoms with Crippen LogP contribution in [0.2, 0.25) is 0 Å². The van der Waals surface area contributed by atoms with Crippen LogP contribution in [0.3, 0.4) is 0 Å². The Morgan fingerprint density at radius 2 is 2.19 bits per heavy atom. The lowest BCUT2D eigenvalue weighted by Gasteiger charge is -2.22. The van der Waals surface area contributed by atoms with E-state index in [1.807, 2.05) is 12.1 Å². The van der Waals surface area contributed by atoms with Gasteiger partial charge in [-0.2, -0.15) is 10.4 Å². The van der Waals surface area contributed by atoms with Gasteiger partial charge in [-0.25, -0.2) is 9.48 Å². The molecule has 1 amide bonds. The van der Waals surface area contributed by atoms with E-state index >= 15 is 0 Å². The molecule has 1 saturated heterocycles. The van der Waals surface area contributed by atoms with Crippen molar-refractivity contribution in [3.05, 3.63) is 82.0 Å². The number of ether oxygens (including phenoxy) is 1. The fraction of sp³-hybridized carbons (Fsp3) is 0.261. The van der Waals surface area contributed by atoms with Gasteiger partial charge in [0.15, 0.2) is 0 Å². The highest BCUT2D eigenvalue weighted by Gasteiger charge is 2.23. The fourth-order valence-electron chi connectivity index (χ4n) is 3.63. The van der Waals surface area contributed by atoms with E-state index in [1.54, 1.807) is 30.5 Å². The summed E-state index contributed by atoms with van der Waals surface area (Å²) in [5.41, 5.74) is 2.34. The lowest BCUT2D eigenvalue weighted by molar-refractivity contribution is 0.183. The Kier molecular flexibility index (Phi) is 6.24. The average Bonchev–Trinajstić information content (AvgIpc) is 3.32. The molecule has 1 fully saturated rings. The van der Waals surface area contributed by atoms with E-state index in [1.165, 1.54) is 28.0 Å². The molecular formula is C23H21N5O4. The molecule has 1 atom stereocenters. The predicted molar refractivity (Wildman–Crippen MR) is 116 cm³/mol. The molecule has 9 heteroatoms. The average molecular weight is 431 g/mol. The number of nitrogens with zero attached hydrogens (tertiary/aromatic N) is 5. The second-order valence-corrected chi connectivity index (χ2v) is 7.58. The molecule has 0 radical (unpaired) electrons. The summed E-state index contributed by atoms with van der Waals surface area (Å²) < 4.78 is 6.86. The Morgan fingerprint density at radius 3 is 2.94 bits per heavy atom. The summed E-state index contributed by atoms with van der Waals surface area (Å²) in [6.45, 7) is 1.56. The number of aromatic nitrogens is 3. The lowest BCUT2D eigenvalue weighted by Crippen LogP contribution is -2.34. The molecule has 1 aliphatic heterocycles. The number of anilines is 1. The molecule has 0 aliphatic carbocycles. The van der Waals surface area contributed by atoms with Crippen LogP contribution in [-0.4, -0.2) is 45.7 Å². The van der Waals surface area contributed by atoms with Crippen molar-refractivity contribution in [2.75, 3.05) is 24.7 Å². The molecule has 32 heavy (non-hydrogen) atoms. The van der Waals surface area contributed by atoms with E-state index in [0.717, 1.165) is 12.0 Å². The molecule has 0 spiro atoms. The van der Waals surface area contributed by atoms with Crippen LogP contribution in [-0.2, 0) is 11.2 Å². The van der Waals surface area contributed by atoms with Gasteiger partial charge in [0.1, 0.15) is 11.8 Å². The number of amides is 1. The molecule has 1 N–H and O–H groups in total. The van der Waals surface area contributed by atoms with Crippen molar-refractivity contribution in [3.63, 3.8) is 0 Å². The first kappa shape index (κ1) is 21.2. The zero-order valence-electron chi connectivity index (χ0n) is 17.2. The first-order chi connectivity index (χ1) is 15.5. The van der Waals surface area contributed by atoms with E-state index in [4.69, 9.17) is 10.00 Å². The number of rotatable bonds is 6. The molecule has 3 aromatic rings. The van der Waals surface area contributed by atoms with Gasteiger partial charge < -0.3 is 9.84 Å². The summed E-state index contributed by atoms with van der Waals surface area (Å²) in [7, 11) is 0. The maximum atomic E-state index is 12.4. The molecule has 162 valence electrons. The third-order valence-electron chi connectivity index (χ3n) is 5.29. The van der Waals surface area contributed by atoms with Gasteiger partial charge in [0.2, 0.25) is 5.43 Å². The van der Waals surface area contributed by atoms with Crippen LogP contribution in [0.25, 0.3) is 5.69 Å². The molecule has 3 heterocycles. The Hall–Kier alpha value is -4.03. The van der Waals surface area contributed by atoms with E-state index in [9.17, 15) is 14.7 Å². The van der Waals surface area contributed by atoms with Crippen molar-refractivity contribution < 1.29 is 14.6 Å². The minimum atomic E-state index is -1.03. The van der Waals surface area contributed by atoms with E-state index in [-0.39, 0.29) is 17.8 Å². The third-order valence-corrected chi connectivity index (χ3v) is 5.29. The topological polar surface area (TPSA) is 121 Å². The number of hydrogen-bond acceptors (Lipinski definition) is 6. The third kappa shape index (κ3) is 4.82. The van der Waals surface area contributed by atoms with Gasteiger partial charge in [-0.1, -0.05) is 12.1 Å². The largest absolute Gasteiger partial charge is 0.465 e. The van der Waals surface area contributed by atoms with E-state index < -0.39 is 6.09 Å². The van der Waals surface area contributed by atoms with Gasteiger partial charge in [0.05, 0.1) is 24.1 Å². The number of hydrogen-bond donors (Lipinski definition) is 1. The highest BCUT2D eigenvalue weighted by molar-refractivity contribution is 5.86. The van der Waals surface area contributed by atoms with Crippen molar-refractivity contribution in [1.29, 1.82) is 5.26 Å². The van der Waals surface area contributed by atoms with Crippen molar-refractivity contribution in [2.24, 2.45) is 5.92 Å². The molecule has 4 rings (SSSR count). The quantitative estimate of drug-likeness (QED) is 0.637. The fourth-order valence-corrected chi connectivity index (χ4v) is 3.63. The smallest absolute Gasteiger partial charge is 0.411 e. The maximum absolute atomic E-state index is 12.4. The van der Waals surface area contributed by atoms with Gasteiger partial charge in [0, 0.05) is 49.6 Å². The molecular weight excluding hydrogens is 410 g/mol. The van der Waals surface area contributed by atoms with Gasteiger partial charge in [0.25, 0.3) is 0 Å². The Labute approximate surface area is 184 Å². The number of carbonyl (C=O) groups is 1. The van der Waals surface area contributed by atoms with Gasteiger partial charge in [-0.3, -0.25) is 14.7 Å². The second-order valence-electron chi connectivity index (χ2n) is 7.58. The summed E-state index contributed by atoms with van der Waals surface area (Å²) in [4.78, 5) is 29.6. The van der Waals surface area contributed by atoms with Gasteiger partial charge in [-0.05, 0) is 30.2 Å². The van der Waals surface area contributed by atoms with Crippen LogP contribution in [0.1, 0.15) is 23.2 Å². The standard InChI is InChI=1S/C23H21N5O4/c24-11-18-9-20(13-25-12-18)28-6-4-22(29)21(26-28)10-16-2-1-3-19(8-16)27(23(30)31)14-17-5-7-32-15-17/h1-4,6,8-9,12-13,17H,5,7,10,14-15H2,(H,30,31). The Bertz CT molecular complexity index is 1230. The molecule has 0 saturated carbocycles. The summed E-state index contributed by atoms with van der Waals surface area (Å²) >= 11 is 0. The summed E-state index contributed by atoms with van der Waals surface area (Å²) in [5.74, 6) is 0.163. The minimum Gasteiger partial charge on any atom is -0.465 e. The first-order valence-electron chi connectivity index (χ1n) is 10.1. The zero-order valence-corrected chi connectivity index (χ0v) is 17.2. The molecule has 1 unspecified atom stereocenters. The number of benzene rings is 1. The van der Waals surface area contributed by atoms with Crippen LogP contribution in [0.15, 0.2) is 59.8 Å². The van der Waals surface area contributed by atoms with Crippen LogP contribution < -0.4 is 10.3 Å². The van der Waals surface area contributed by atoms with Gasteiger partial charge in [-0.15, -0.1) is 0 Å². The summed E-state index contributed by atoms with van der Waals surface area (Å²) in [6, 6.07) is 12.2. The second kappa shape index (κ2) is 9.41. The lowest BCUT2D eigenvalue weighted by atomic mass is 10.1. The first-order valence-corrected chi connectivity index (χ1v) is 10.1. The SMILES string of the molecule is N#Cc1cncc(-n2ccc(=O)c(Cc3cccc(N(CC4CCOC4)C(=O)O)c3)n2)c1. The van der Waals surface area contributed by atoms with E-state index in [2.05, 4.69) is 10.1 Å². The number of pyridine rings is 1. The van der Waals surface area contributed by atoms with Crippen LogP contribution in [0, 0.1) is 17.2 Å². The Balaban J connectivity index is 1.59. The van der Waals surface area contributed by atoms with Crippen LogP contribution in [0.5, 0.6) is 0 Å². The molecule has 9 nitrogen and oxygen atoms in total. The normalized spacial score (nSPS) is 15.3. The highest BCUT2D eigenvalue weighted by Crippen LogP contribution is 2.22. The van der Waals surface area contributed by atoms with E-state index in [0.29, 0.717) is 42.4 Å². The summed E-state index contributed by atoms with van der Waals surface area (Å²) in [6.07, 6.45) is 4.57. The minimum absolute atomic E-state index is 0.163.